The highest BCUT2D eigenvalue weighted by Crippen LogP contribution is 2.37. The van der Waals surface area contributed by atoms with Gasteiger partial charge in [-0.2, -0.15) is 0 Å². The molecule has 6 heteroatoms. The molecular weight excluding hydrogens is 330 g/mol. The smallest absolute Gasteiger partial charge is 0.160 e. The van der Waals surface area contributed by atoms with Crippen molar-refractivity contribution in [3.63, 3.8) is 0 Å². The maximum atomic E-state index is 6.01. The van der Waals surface area contributed by atoms with E-state index in [1.54, 1.807) is 13.3 Å². The Morgan fingerprint density at radius 3 is 2.89 bits per heavy atom. The minimum Gasteiger partial charge on any atom is -0.376 e. The number of alkyl halides is 1. The van der Waals surface area contributed by atoms with Gasteiger partial charge in [0.2, 0.25) is 0 Å². The first-order valence-corrected chi connectivity index (χ1v) is 7.62. The molecule has 102 valence electrons. The van der Waals surface area contributed by atoms with Crippen LogP contribution in [0.3, 0.4) is 0 Å². The molecule has 0 aromatic carbocycles. The number of fused-ring (bicyclic) bond motifs is 1. The number of halogens is 2. The quantitative estimate of drug-likeness (QED) is 0.797. The Balaban J connectivity index is 2.05. The van der Waals surface area contributed by atoms with Crippen LogP contribution in [0, 0.1) is 0 Å². The molecule has 2 aromatic heterocycles. The van der Waals surface area contributed by atoms with E-state index in [0.717, 1.165) is 40.8 Å². The summed E-state index contributed by atoms with van der Waals surface area (Å²) in [7, 11) is 1.78. The Morgan fingerprint density at radius 1 is 1.53 bits per heavy atom. The Morgan fingerprint density at radius 2 is 2.32 bits per heavy atom. The topological polar surface area (TPSA) is 39.9 Å². The molecule has 0 bridgehead atoms. The van der Waals surface area contributed by atoms with Crippen molar-refractivity contribution in [3.8, 4) is 0 Å². The fraction of sp³-hybridized carbons (Fsp3) is 0.538. The second kappa shape index (κ2) is 5.04. The molecule has 0 amide bonds. The number of hydrogen-bond acceptors (Lipinski definition) is 3. The van der Waals surface area contributed by atoms with E-state index < -0.39 is 0 Å². The first-order chi connectivity index (χ1) is 9.17. The molecule has 4 nitrogen and oxygen atoms in total. The molecule has 0 unspecified atom stereocenters. The van der Waals surface area contributed by atoms with E-state index in [4.69, 9.17) is 16.3 Å². The third-order valence-corrected chi connectivity index (χ3v) is 4.57. The van der Waals surface area contributed by atoms with E-state index in [9.17, 15) is 0 Å². The van der Waals surface area contributed by atoms with Crippen LogP contribution in [0.2, 0.25) is 0 Å². The zero-order valence-corrected chi connectivity index (χ0v) is 13.0. The highest BCUT2D eigenvalue weighted by molar-refractivity contribution is 9.10. The maximum absolute atomic E-state index is 6.01. The van der Waals surface area contributed by atoms with Gasteiger partial charge in [-0.15, -0.1) is 11.6 Å². The van der Waals surface area contributed by atoms with E-state index >= 15 is 0 Å². The minimum atomic E-state index is -0.0663. The second-order valence-electron chi connectivity index (χ2n) is 4.98. The number of pyridine rings is 1. The number of aromatic nitrogens is 3. The zero-order chi connectivity index (χ0) is 13.5. The predicted molar refractivity (Wildman–Crippen MR) is 78.4 cm³/mol. The summed E-state index contributed by atoms with van der Waals surface area (Å²) in [6, 6.07) is 1.97. The molecule has 0 saturated heterocycles. The summed E-state index contributed by atoms with van der Waals surface area (Å²) < 4.78 is 8.71. The van der Waals surface area contributed by atoms with Crippen LogP contribution >= 0.6 is 27.5 Å². The van der Waals surface area contributed by atoms with Gasteiger partial charge < -0.3 is 9.30 Å². The fourth-order valence-corrected chi connectivity index (χ4v) is 3.11. The third-order valence-electron chi connectivity index (χ3n) is 3.89. The van der Waals surface area contributed by atoms with Crippen LogP contribution in [0.5, 0.6) is 0 Å². The van der Waals surface area contributed by atoms with E-state index in [-0.39, 0.29) is 5.60 Å². The normalized spacial score (nSPS) is 17.6. The van der Waals surface area contributed by atoms with Crippen LogP contribution in [0.25, 0.3) is 11.2 Å². The largest absolute Gasteiger partial charge is 0.376 e. The van der Waals surface area contributed by atoms with Gasteiger partial charge in [0.1, 0.15) is 11.3 Å². The van der Waals surface area contributed by atoms with E-state index in [1.165, 1.54) is 6.42 Å². The Kier molecular flexibility index (Phi) is 3.53. The third kappa shape index (κ3) is 2.28. The maximum Gasteiger partial charge on any atom is 0.160 e. The number of methoxy groups -OCH3 is 1. The van der Waals surface area contributed by atoms with Crippen LogP contribution < -0.4 is 0 Å². The predicted octanol–water partition coefficient (Wildman–Crippen LogP) is 3.50. The van der Waals surface area contributed by atoms with Gasteiger partial charge in [0.15, 0.2) is 5.65 Å². The zero-order valence-electron chi connectivity index (χ0n) is 10.7. The minimum absolute atomic E-state index is 0.0663. The lowest BCUT2D eigenvalue weighted by Crippen LogP contribution is -2.43. The lowest BCUT2D eigenvalue weighted by Gasteiger charge is -2.40. The number of rotatable bonds is 4. The van der Waals surface area contributed by atoms with Gasteiger partial charge in [-0.05, 0) is 41.3 Å². The summed E-state index contributed by atoms with van der Waals surface area (Å²) in [5.74, 6) is 1.24. The summed E-state index contributed by atoms with van der Waals surface area (Å²) in [6.45, 7) is 0.774. The van der Waals surface area contributed by atoms with Crippen molar-refractivity contribution >= 4 is 38.7 Å². The van der Waals surface area contributed by atoms with Gasteiger partial charge in [0.05, 0.1) is 18.0 Å². The van der Waals surface area contributed by atoms with Gasteiger partial charge in [-0.25, -0.2) is 9.97 Å². The monoisotopic (exact) mass is 343 g/mol. The first kappa shape index (κ1) is 13.3. The molecule has 1 aliphatic carbocycles. The first-order valence-electron chi connectivity index (χ1n) is 6.29. The Labute approximate surface area is 125 Å². The van der Waals surface area contributed by atoms with E-state index in [1.807, 2.05) is 6.07 Å². The van der Waals surface area contributed by atoms with Crippen molar-refractivity contribution in [1.29, 1.82) is 0 Å². The van der Waals surface area contributed by atoms with Crippen LogP contribution in [0.15, 0.2) is 16.7 Å². The van der Waals surface area contributed by atoms with Crippen molar-refractivity contribution in [2.24, 2.45) is 0 Å². The SMILES string of the molecule is COC1(Cn2c(CCl)nc3cc(Br)cnc32)CCC1. The number of nitrogens with zero attached hydrogens (tertiary/aromatic N) is 3. The van der Waals surface area contributed by atoms with Crippen molar-refractivity contribution in [1.82, 2.24) is 14.5 Å². The average molecular weight is 345 g/mol. The van der Waals surface area contributed by atoms with Crippen LogP contribution in [-0.2, 0) is 17.2 Å². The van der Waals surface area contributed by atoms with Crippen LogP contribution in [0.4, 0.5) is 0 Å². The molecule has 0 atom stereocenters. The molecule has 0 radical (unpaired) electrons. The van der Waals surface area contributed by atoms with Crippen molar-refractivity contribution < 1.29 is 4.74 Å². The summed E-state index contributed by atoms with van der Waals surface area (Å²) in [6.07, 6.45) is 5.18. The molecule has 3 rings (SSSR count). The van der Waals surface area contributed by atoms with Gasteiger partial charge in [0.25, 0.3) is 0 Å². The molecule has 0 spiro atoms. The summed E-state index contributed by atoms with van der Waals surface area (Å²) in [4.78, 5) is 9.02. The van der Waals surface area contributed by atoms with Gasteiger partial charge in [0, 0.05) is 17.8 Å². The molecule has 0 N–H and O–H groups in total. The van der Waals surface area contributed by atoms with Crippen LogP contribution in [-0.4, -0.2) is 27.2 Å². The lowest BCUT2D eigenvalue weighted by atomic mass is 9.80. The summed E-state index contributed by atoms with van der Waals surface area (Å²) in [5.41, 5.74) is 1.68. The average Bonchev–Trinajstić information content (AvgIpc) is 2.70. The van der Waals surface area contributed by atoms with Gasteiger partial charge in [-0.3, -0.25) is 0 Å². The standard InChI is InChI=1S/C13H15BrClN3O/c1-19-13(3-2-4-13)8-18-11(6-15)17-10-5-9(14)7-16-12(10)18/h5,7H,2-4,6,8H2,1H3. The van der Waals surface area contributed by atoms with Gasteiger partial charge >= 0.3 is 0 Å². The molecule has 0 aliphatic heterocycles. The van der Waals surface area contributed by atoms with Crippen molar-refractivity contribution in [3.05, 3.63) is 22.6 Å². The van der Waals surface area contributed by atoms with E-state index in [2.05, 4.69) is 30.5 Å². The van der Waals surface area contributed by atoms with E-state index in [0.29, 0.717) is 5.88 Å². The van der Waals surface area contributed by atoms with Crippen molar-refractivity contribution in [2.45, 2.75) is 37.3 Å². The molecule has 19 heavy (non-hydrogen) atoms. The molecule has 2 aromatic rings. The highest BCUT2D eigenvalue weighted by atomic mass is 79.9. The highest BCUT2D eigenvalue weighted by Gasteiger charge is 2.38. The number of imidazole rings is 1. The number of hydrogen-bond donors (Lipinski definition) is 0. The summed E-state index contributed by atoms with van der Waals surface area (Å²) >= 11 is 9.43. The fourth-order valence-electron chi connectivity index (χ4n) is 2.59. The molecule has 1 saturated carbocycles. The second-order valence-corrected chi connectivity index (χ2v) is 6.17. The number of ether oxygens (including phenoxy) is 1. The summed E-state index contributed by atoms with van der Waals surface area (Å²) in [5, 5.41) is 0. The molecule has 1 fully saturated rings. The lowest BCUT2D eigenvalue weighted by molar-refractivity contribution is -0.0832. The Hall–Kier alpha value is -0.650. The molecule has 1 aliphatic rings. The van der Waals surface area contributed by atoms with Gasteiger partial charge in [-0.1, -0.05) is 0 Å². The molecular formula is C13H15BrClN3O. The molecule has 2 heterocycles. The van der Waals surface area contributed by atoms with Crippen LogP contribution in [0.1, 0.15) is 25.1 Å². The van der Waals surface area contributed by atoms with Crippen molar-refractivity contribution in [2.75, 3.05) is 7.11 Å². The Bertz CT molecular complexity index is 604.